The highest BCUT2D eigenvalue weighted by atomic mass is 19.4. The molecule has 168 valence electrons. The largest absolute Gasteiger partial charge is 0.467 e. The summed E-state index contributed by atoms with van der Waals surface area (Å²) in [4.78, 5) is 26.6. The molecule has 2 amide bonds. The lowest BCUT2D eigenvalue weighted by Crippen LogP contribution is -2.31. The number of benzene rings is 2. The summed E-state index contributed by atoms with van der Waals surface area (Å²) in [6.45, 7) is 0.490. The van der Waals surface area contributed by atoms with Crippen molar-refractivity contribution in [2.45, 2.75) is 19.3 Å². The van der Waals surface area contributed by atoms with Gasteiger partial charge < -0.3 is 15.1 Å². The zero-order chi connectivity index (χ0) is 23.1. The van der Waals surface area contributed by atoms with Crippen molar-refractivity contribution in [1.29, 1.82) is 0 Å². The highest BCUT2D eigenvalue weighted by Crippen LogP contribution is 2.29. The molecule has 0 bridgehead atoms. The summed E-state index contributed by atoms with van der Waals surface area (Å²) in [7, 11) is 1.68. The first kappa shape index (κ1) is 23.1. The van der Waals surface area contributed by atoms with Crippen LogP contribution in [0.4, 0.5) is 18.9 Å². The molecule has 32 heavy (non-hydrogen) atoms. The molecule has 1 aromatic heterocycles. The van der Waals surface area contributed by atoms with Gasteiger partial charge in [-0.05, 0) is 49.0 Å². The first-order valence-electron chi connectivity index (χ1n) is 9.76. The minimum atomic E-state index is -4.39. The second-order valence-corrected chi connectivity index (χ2v) is 7.22. The summed E-state index contributed by atoms with van der Waals surface area (Å²) in [5.41, 5.74) is 0.588. The predicted octanol–water partition coefficient (Wildman–Crippen LogP) is 4.30. The molecule has 3 aromatic rings. The second-order valence-electron chi connectivity index (χ2n) is 7.22. The van der Waals surface area contributed by atoms with E-state index in [1.165, 1.54) is 18.4 Å². The molecule has 2 aromatic carbocycles. The molecule has 3 rings (SSSR count). The maximum absolute atomic E-state index is 12.7. The fraction of sp³-hybridized carbons (Fsp3) is 0.217. The van der Waals surface area contributed by atoms with Crippen molar-refractivity contribution in [2.75, 3.05) is 18.9 Å². The number of nitrogens with zero attached hydrogens (tertiary/aromatic N) is 1. The number of para-hydroxylation sites is 1. The van der Waals surface area contributed by atoms with Gasteiger partial charge in [0.15, 0.2) is 0 Å². The summed E-state index contributed by atoms with van der Waals surface area (Å²) in [6.07, 6.45) is -2.88. The topological polar surface area (TPSA) is 74.6 Å². The van der Waals surface area contributed by atoms with Gasteiger partial charge in [-0.2, -0.15) is 13.2 Å². The average molecular weight is 445 g/mol. The SMILES string of the molecule is CN(CC(=O)Nc1ccccc1C(=O)NCc1ccco1)Cc1ccc(C(F)(F)F)cc1. The molecule has 0 aliphatic carbocycles. The molecule has 0 aliphatic heterocycles. The fourth-order valence-electron chi connectivity index (χ4n) is 3.07. The molecule has 0 saturated heterocycles. The van der Waals surface area contributed by atoms with Crippen molar-refractivity contribution in [3.05, 3.63) is 89.4 Å². The second kappa shape index (κ2) is 10.1. The van der Waals surface area contributed by atoms with Gasteiger partial charge in [0.05, 0.1) is 36.2 Å². The molecule has 0 aliphatic rings. The number of likely N-dealkylation sites (N-methyl/N-ethyl adjacent to an activating group) is 1. The standard InChI is InChI=1S/C23H22F3N3O3/c1-29(14-16-8-10-17(11-9-16)23(24,25)26)15-21(30)28-20-7-3-2-6-19(20)22(31)27-13-18-5-4-12-32-18/h2-12H,13-15H2,1H3,(H,27,31)(H,28,30). The quantitative estimate of drug-likeness (QED) is 0.542. The van der Waals surface area contributed by atoms with Crippen LogP contribution in [-0.4, -0.2) is 30.3 Å². The zero-order valence-electron chi connectivity index (χ0n) is 17.3. The van der Waals surface area contributed by atoms with Gasteiger partial charge in [-0.15, -0.1) is 0 Å². The number of amides is 2. The molecular weight excluding hydrogens is 423 g/mol. The Morgan fingerprint density at radius 3 is 2.38 bits per heavy atom. The normalized spacial score (nSPS) is 11.4. The van der Waals surface area contributed by atoms with Crippen LogP contribution in [0.15, 0.2) is 71.3 Å². The van der Waals surface area contributed by atoms with Gasteiger partial charge in [-0.25, -0.2) is 0 Å². The molecule has 9 heteroatoms. The van der Waals surface area contributed by atoms with E-state index < -0.39 is 11.7 Å². The van der Waals surface area contributed by atoms with E-state index in [9.17, 15) is 22.8 Å². The monoisotopic (exact) mass is 445 g/mol. The first-order chi connectivity index (χ1) is 15.2. The van der Waals surface area contributed by atoms with Gasteiger partial charge in [0.2, 0.25) is 5.91 Å². The molecule has 2 N–H and O–H groups in total. The van der Waals surface area contributed by atoms with Crippen molar-refractivity contribution in [3.8, 4) is 0 Å². The van der Waals surface area contributed by atoms with Gasteiger partial charge >= 0.3 is 6.18 Å². The summed E-state index contributed by atoms with van der Waals surface area (Å²) in [6, 6.07) is 14.9. The number of furan rings is 1. The van der Waals surface area contributed by atoms with Crippen LogP contribution in [-0.2, 0) is 24.1 Å². The molecule has 0 unspecified atom stereocenters. The van der Waals surface area contributed by atoms with E-state index in [1.54, 1.807) is 48.3 Å². The van der Waals surface area contributed by atoms with Crippen LogP contribution in [0.25, 0.3) is 0 Å². The lowest BCUT2D eigenvalue weighted by molar-refractivity contribution is -0.137. The first-order valence-corrected chi connectivity index (χ1v) is 9.76. The highest BCUT2D eigenvalue weighted by molar-refractivity contribution is 6.04. The van der Waals surface area contributed by atoms with E-state index in [0.29, 0.717) is 22.6 Å². The van der Waals surface area contributed by atoms with E-state index in [1.807, 2.05) is 0 Å². The van der Waals surface area contributed by atoms with Gasteiger partial charge in [-0.1, -0.05) is 24.3 Å². The van der Waals surface area contributed by atoms with E-state index in [0.717, 1.165) is 12.1 Å². The molecule has 0 saturated carbocycles. The Hall–Kier alpha value is -3.59. The number of carbonyl (C=O) groups excluding carboxylic acids is 2. The number of rotatable bonds is 8. The van der Waals surface area contributed by atoms with E-state index in [-0.39, 0.29) is 31.4 Å². The van der Waals surface area contributed by atoms with Gasteiger partial charge in [0.1, 0.15) is 5.76 Å². The Labute approximate surface area is 183 Å². The molecule has 1 heterocycles. The minimum absolute atomic E-state index is 0.0105. The molecule has 0 radical (unpaired) electrons. The highest BCUT2D eigenvalue weighted by Gasteiger charge is 2.29. The van der Waals surface area contributed by atoms with E-state index in [2.05, 4.69) is 10.6 Å². The lowest BCUT2D eigenvalue weighted by Gasteiger charge is -2.18. The van der Waals surface area contributed by atoms with Crippen LogP contribution in [0.1, 0.15) is 27.2 Å². The predicted molar refractivity (Wildman–Crippen MR) is 113 cm³/mol. The third kappa shape index (κ3) is 6.45. The van der Waals surface area contributed by atoms with Crippen LogP contribution in [0, 0.1) is 0 Å². The van der Waals surface area contributed by atoms with Crippen molar-refractivity contribution in [1.82, 2.24) is 10.2 Å². The number of nitrogens with one attached hydrogen (secondary N) is 2. The maximum atomic E-state index is 12.7. The van der Waals surface area contributed by atoms with Crippen LogP contribution < -0.4 is 10.6 Å². The average Bonchev–Trinajstić information content (AvgIpc) is 3.25. The van der Waals surface area contributed by atoms with Gasteiger partial charge in [-0.3, -0.25) is 14.5 Å². The number of anilines is 1. The molecular formula is C23H22F3N3O3. The van der Waals surface area contributed by atoms with Crippen molar-refractivity contribution >= 4 is 17.5 Å². The van der Waals surface area contributed by atoms with E-state index in [4.69, 9.17) is 4.42 Å². The lowest BCUT2D eigenvalue weighted by atomic mass is 10.1. The van der Waals surface area contributed by atoms with Crippen molar-refractivity contribution in [2.24, 2.45) is 0 Å². The molecule has 6 nitrogen and oxygen atoms in total. The Morgan fingerprint density at radius 2 is 1.72 bits per heavy atom. The summed E-state index contributed by atoms with van der Waals surface area (Å²) in [5, 5.41) is 5.45. The third-order valence-electron chi connectivity index (χ3n) is 4.60. The van der Waals surface area contributed by atoms with Crippen molar-refractivity contribution < 1.29 is 27.2 Å². The van der Waals surface area contributed by atoms with Crippen LogP contribution in [0.3, 0.4) is 0 Å². The maximum Gasteiger partial charge on any atom is 0.416 e. The zero-order valence-corrected chi connectivity index (χ0v) is 17.3. The van der Waals surface area contributed by atoms with Crippen LogP contribution in [0.5, 0.6) is 0 Å². The molecule has 0 atom stereocenters. The molecule has 0 spiro atoms. The summed E-state index contributed by atoms with van der Waals surface area (Å²) in [5.74, 6) is -0.120. The smallest absolute Gasteiger partial charge is 0.416 e. The minimum Gasteiger partial charge on any atom is -0.467 e. The van der Waals surface area contributed by atoms with E-state index >= 15 is 0 Å². The Kier molecular flexibility index (Phi) is 7.32. The molecule has 0 fully saturated rings. The fourth-order valence-corrected chi connectivity index (χ4v) is 3.07. The Balaban J connectivity index is 1.55. The Bertz CT molecular complexity index is 1050. The Morgan fingerprint density at radius 1 is 1.00 bits per heavy atom. The van der Waals surface area contributed by atoms with Crippen molar-refractivity contribution in [3.63, 3.8) is 0 Å². The number of hydrogen-bond acceptors (Lipinski definition) is 4. The number of alkyl halides is 3. The summed E-state index contributed by atoms with van der Waals surface area (Å²) < 4.78 is 43.2. The third-order valence-corrected chi connectivity index (χ3v) is 4.60. The van der Waals surface area contributed by atoms with Crippen LogP contribution >= 0.6 is 0 Å². The van der Waals surface area contributed by atoms with Crippen LogP contribution in [0.2, 0.25) is 0 Å². The summed E-state index contributed by atoms with van der Waals surface area (Å²) >= 11 is 0. The number of halogens is 3. The number of carbonyl (C=O) groups is 2. The van der Waals surface area contributed by atoms with Gasteiger partial charge in [0, 0.05) is 6.54 Å². The van der Waals surface area contributed by atoms with Gasteiger partial charge in [0.25, 0.3) is 5.91 Å². The number of hydrogen-bond donors (Lipinski definition) is 2.